The van der Waals surface area contributed by atoms with Crippen molar-refractivity contribution in [2.75, 3.05) is 16.2 Å². The van der Waals surface area contributed by atoms with Gasteiger partial charge in [-0.2, -0.15) is 0 Å². The van der Waals surface area contributed by atoms with Gasteiger partial charge in [0.25, 0.3) is 0 Å². The molecule has 2 aliphatic heterocycles. The average Bonchev–Trinajstić information content (AvgIpc) is 3.61. The quantitative estimate of drug-likeness (QED) is 0.156. The van der Waals surface area contributed by atoms with E-state index in [4.69, 9.17) is 21.6 Å². The largest absolute Gasteiger partial charge is 0.508 e. The zero-order valence-corrected chi connectivity index (χ0v) is 27.6. The van der Waals surface area contributed by atoms with Gasteiger partial charge in [0.15, 0.2) is 0 Å². The number of benzene rings is 3. The topological polar surface area (TPSA) is 120 Å². The minimum Gasteiger partial charge on any atom is -0.508 e. The molecule has 3 unspecified atom stereocenters. The molecule has 1 fully saturated rings. The van der Waals surface area contributed by atoms with Gasteiger partial charge in [-0.1, -0.05) is 35.9 Å². The van der Waals surface area contributed by atoms with E-state index in [1.54, 1.807) is 43.3 Å². The number of para-hydroxylation sites is 1. The molecule has 2 aliphatic rings. The van der Waals surface area contributed by atoms with E-state index in [1.807, 2.05) is 36.4 Å². The number of halogens is 1. The molecule has 3 atom stereocenters. The summed E-state index contributed by atoms with van der Waals surface area (Å²) >= 11 is 6.46. The van der Waals surface area contributed by atoms with Crippen LogP contribution in [0.4, 0.5) is 11.4 Å². The molecule has 230 valence electrons. The fourth-order valence-electron chi connectivity index (χ4n) is 5.94. The Morgan fingerprint density at radius 2 is 1.73 bits per heavy atom. The summed E-state index contributed by atoms with van der Waals surface area (Å²) in [5.74, 6) is 0.0723. The molecule has 2 heterocycles. The van der Waals surface area contributed by atoms with Crippen molar-refractivity contribution in [1.82, 2.24) is 0 Å². The third-order valence-electron chi connectivity index (χ3n) is 7.96. The number of sulfonamides is 1. The maximum absolute atomic E-state index is 14.2. The van der Waals surface area contributed by atoms with Crippen LogP contribution in [0.3, 0.4) is 0 Å². The van der Waals surface area contributed by atoms with Gasteiger partial charge >= 0.3 is 113 Å². The number of rotatable bonds is 13. The Morgan fingerprint density at radius 1 is 1.05 bits per heavy atom. The smallest absolute Gasteiger partial charge is 0.115 e. The molecule has 11 heteroatoms. The van der Waals surface area contributed by atoms with Crippen LogP contribution in [-0.2, 0) is 19.6 Å². The third-order valence-corrected chi connectivity index (χ3v) is 11.9. The van der Waals surface area contributed by atoms with Crippen LogP contribution in [0.15, 0.2) is 72.8 Å². The number of nitriles is 1. The number of nitrogens with one attached hydrogen (secondary N) is 1. The van der Waals surface area contributed by atoms with Crippen LogP contribution in [0.25, 0.3) is 11.1 Å². The zero-order valence-electron chi connectivity index (χ0n) is 24.3. The van der Waals surface area contributed by atoms with E-state index in [1.165, 1.54) is 4.31 Å². The molecule has 0 radical (unpaired) electrons. The van der Waals surface area contributed by atoms with Crippen molar-refractivity contribution in [1.29, 1.82) is 5.26 Å². The van der Waals surface area contributed by atoms with Gasteiger partial charge in [0.05, 0.1) is 16.8 Å². The minimum absolute atomic E-state index is 0.0284. The summed E-state index contributed by atoms with van der Waals surface area (Å²) in [5, 5.41) is 22.0. The fourth-order valence-corrected chi connectivity index (χ4v) is 9.21. The summed E-state index contributed by atoms with van der Waals surface area (Å²) in [6, 6.07) is 21.2. The summed E-state index contributed by atoms with van der Waals surface area (Å²) in [6.45, 7) is 2.01. The van der Waals surface area contributed by atoms with E-state index >= 15 is 0 Å². The summed E-state index contributed by atoms with van der Waals surface area (Å²) in [5.41, 5.74) is 4.44. The van der Waals surface area contributed by atoms with E-state index in [0.29, 0.717) is 29.2 Å². The molecule has 2 N–H and O–H groups in total. The van der Waals surface area contributed by atoms with Crippen LogP contribution in [0.5, 0.6) is 5.75 Å². The predicted octanol–water partition coefficient (Wildman–Crippen LogP) is 6.45. The number of hydrogen-bond acceptors (Lipinski definition) is 6. The van der Waals surface area contributed by atoms with Gasteiger partial charge in [0.1, 0.15) is 17.1 Å². The Hall–Kier alpha value is -3.32. The van der Waals surface area contributed by atoms with Crippen LogP contribution in [-0.4, -0.2) is 58.4 Å². The first-order chi connectivity index (χ1) is 21.2. The van der Waals surface area contributed by atoms with Crippen molar-refractivity contribution in [2.24, 2.45) is 0 Å². The first-order valence-electron chi connectivity index (χ1n) is 14.6. The Morgan fingerprint density at radius 3 is 2.41 bits per heavy atom. The number of fused-ring (bicyclic) bond motifs is 2. The van der Waals surface area contributed by atoms with Crippen molar-refractivity contribution in [3.8, 4) is 10.7 Å². The van der Waals surface area contributed by atoms with Gasteiger partial charge < -0.3 is 9.84 Å². The molecule has 8 nitrogen and oxygen atoms in total. The van der Waals surface area contributed by atoms with Crippen molar-refractivity contribution in [2.45, 2.75) is 61.8 Å². The van der Waals surface area contributed by atoms with Crippen LogP contribution in [0, 0.1) is 10.2 Å². The standard InChI is InChI=1S/C33H34ClN3O5SSe/c1-2-37(27-9-6-5-8-26(27)34)43(40,41)29-20-28-31(22-13-17-25(38)18-14-22)32(33(29)42-28)23-11-15-24(16-12-23)36-30(39)10-4-3-7-19-44-21-35/h5-6,8-9,11-18,28-29,33,38H,2-4,7,10,19-20H2,1H3,(H,36,39). The monoisotopic (exact) mass is 699 g/mol. The van der Waals surface area contributed by atoms with Gasteiger partial charge in [-0.3, -0.25) is 4.31 Å². The molecule has 5 rings (SSSR count). The number of carbonyl (C=O) groups excluding carboxylic acids is 1. The van der Waals surface area contributed by atoms with Crippen LogP contribution >= 0.6 is 11.6 Å². The molecule has 1 amide bonds. The van der Waals surface area contributed by atoms with Crippen LogP contribution < -0.4 is 9.62 Å². The molecule has 3 aromatic rings. The maximum atomic E-state index is 14.2. The molecule has 44 heavy (non-hydrogen) atoms. The van der Waals surface area contributed by atoms with Crippen molar-refractivity contribution in [3.05, 3.63) is 88.9 Å². The number of aromatic hydroxyl groups is 1. The van der Waals surface area contributed by atoms with E-state index in [9.17, 15) is 18.3 Å². The summed E-state index contributed by atoms with van der Waals surface area (Å²) < 4.78 is 36.1. The van der Waals surface area contributed by atoms with Crippen LogP contribution in [0.1, 0.15) is 50.2 Å². The number of anilines is 2. The average molecular weight is 699 g/mol. The number of unbranched alkanes of at least 4 members (excludes halogenated alkanes) is 2. The molecular formula is C33H34ClN3O5SSe. The van der Waals surface area contributed by atoms with Gasteiger partial charge in [-0.15, -0.1) is 0 Å². The second kappa shape index (κ2) is 14.2. The zero-order chi connectivity index (χ0) is 31.3. The van der Waals surface area contributed by atoms with E-state index in [-0.39, 0.29) is 33.2 Å². The number of amides is 1. The SMILES string of the molecule is CCN(c1ccccc1Cl)S(=O)(=O)C1CC2OC1C(c1ccc(NC(=O)CCCCC[Se]C#N)cc1)=C2c1ccc(O)cc1. The molecule has 0 saturated carbocycles. The fraction of sp³-hybridized carbons (Fsp3) is 0.333. The molecule has 0 spiro atoms. The summed E-state index contributed by atoms with van der Waals surface area (Å²) in [4.78, 5) is 14.7. The molecule has 3 aromatic carbocycles. The Labute approximate surface area is 269 Å². The Balaban J connectivity index is 1.41. The molecular weight excluding hydrogens is 665 g/mol. The summed E-state index contributed by atoms with van der Waals surface area (Å²) in [7, 11) is -3.87. The number of carbonyl (C=O) groups is 1. The van der Waals surface area contributed by atoms with Crippen LogP contribution in [0.2, 0.25) is 10.3 Å². The first kappa shape index (κ1) is 32.1. The van der Waals surface area contributed by atoms with E-state index in [2.05, 4.69) is 10.3 Å². The predicted molar refractivity (Wildman–Crippen MR) is 175 cm³/mol. The first-order valence-corrected chi connectivity index (χ1v) is 18.6. The summed E-state index contributed by atoms with van der Waals surface area (Å²) in [6.07, 6.45) is 2.19. The van der Waals surface area contributed by atoms with Gasteiger partial charge in [-0.25, -0.2) is 8.42 Å². The van der Waals surface area contributed by atoms with Gasteiger partial charge in [0.2, 0.25) is 10.0 Å². The van der Waals surface area contributed by atoms with E-state index < -0.39 is 27.5 Å². The van der Waals surface area contributed by atoms with Crippen molar-refractivity contribution >= 4 is 65.0 Å². The van der Waals surface area contributed by atoms with E-state index in [0.717, 1.165) is 46.9 Å². The second-order valence-corrected chi connectivity index (χ2v) is 15.1. The second-order valence-electron chi connectivity index (χ2n) is 10.7. The molecule has 0 aromatic heterocycles. The van der Waals surface area contributed by atoms with Gasteiger partial charge in [0, 0.05) is 6.54 Å². The van der Waals surface area contributed by atoms with Crippen molar-refractivity contribution in [3.63, 3.8) is 0 Å². The third kappa shape index (κ3) is 6.83. The van der Waals surface area contributed by atoms with Crippen molar-refractivity contribution < 1.29 is 23.1 Å². The number of phenolic OH excluding ortho intramolecular Hbond substituents is 1. The normalized spacial score (nSPS) is 19.2. The number of hydrogen-bond donors (Lipinski definition) is 2. The Bertz CT molecular complexity index is 1670. The number of ether oxygens (including phenoxy) is 1. The molecule has 0 aliphatic carbocycles. The molecule has 1 saturated heterocycles. The maximum Gasteiger partial charge on any atom is 0.115 e. The Kier molecular flexibility index (Phi) is 10.3. The molecule has 2 bridgehead atoms. The number of nitrogens with zero attached hydrogens (tertiary/aromatic N) is 2. The minimum atomic E-state index is -3.87. The number of phenols is 1. The van der Waals surface area contributed by atoms with Gasteiger partial charge in [-0.05, 0) is 48.7 Å².